The van der Waals surface area contributed by atoms with E-state index >= 15 is 0 Å². The van der Waals surface area contributed by atoms with Crippen molar-refractivity contribution in [2.24, 2.45) is 5.92 Å². The van der Waals surface area contributed by atoms with E-state index in [0.29, 0.717) is 30.0 Å². The van der Waals surface area contributed by atoms with Gasteiger partial charge in [0.05, 0.1) is 6.04 Å². The molecule has 0 saturated carbocycles. The van der Waals surface area contributed by atoms with Gasteiger partial charge in [-0.05, 0) is 70.3 Å². The third-order valence-corrected chi connectivity index (χ3v) is 7.59. The zero-order valence-electron chi connectivity index (χ0n) is 22.9. The van der Waals surface area contributed by atoms with Crippen LogP contribution < -0.4 is 5.56 Å². The van der Waals surface area contributed by atoms with Crippen LogP contribution in [-0.2, 0) is 6.54 Å². The largest absolute Gasteiger partial charge is 0.327 e. The Labute approximate surface area is 221 Å². The summed E-state index contributed by atoms with van der Waals surface area (Å²) in [7, 11) is 0. The average Bonchev–Trinajstić information content (AvgIpc) is 3.41. The van der Waals surface area contributed by atoms with Crippen molar-refractivity contribution in [2.75, 3.05) is 26.2 Å². The van der Waals surface area contributed by atoms with Crippen LogP contribution in [0.3, 0.4) is 0 Å². The number of hydrogen-bond acceptors (Lipinski definition) is 4. The summed E-state index contributed by atoms with van der Waals surface area (Å²) in [5, 5.41) is 0. The summed E-state index contributed by atoms with van der Waals surface area (Å²) in [4.78, 5) is 36.1. The molecule has 3 aromatic rings. The highest BCUT2D eigenvalue weighted by molar-refractivity contribution is 5.94. The maximum Gasteiger partial charge on any atom is 0.276 e. The molecule has 1 fully saturated rings. The van der Waals surface area contributed by atoms with E-state index in [1.807, 2.05) is 68.1 Å². The lowest BCUT2D eigenvalue weighted by Gasteiger charge is -2.37. The maximum atomic E-state index is 14.1. The van der Waals surface area contributed by atoms with E-state index in [1.54, 1.807) is 0 Å². The van der Waals surface area contributed by atoms with Gasteiger partial charge in [0, 0.05) is 36.5 Å². The number of amides is 1. The minimum atomic E-state index is -0.341. The number of benzene rings is 2. The molecule has 0 N–H and O–H groups in total. The highest BCUT2D eigenvalue weighted by atomic mass is 16.2. The molecule has 1 aliphatic rings. The van der Waals surface area contributed by atoms with Crippen molar-refractivity contribution >= 4 is 5.91 Å². The molecule has 4 rings (SSSR count). The van der Waals surface area contributed by atoms with Crippen LogP contribution in [0, 0.1) is 26.7 Å². The van der Waals surface area contributed by atoms with Crippen LogP contribution in [0.15, 0.2) is 59.4 Å². The van der Waals surface area contributed by atoms with Crippen LogP contribution >= 0.6 is 0 Å². The van der Waals surface area contributed by atoms with E-state index in [9.17, 15) is 9.59 Å². The van der Waals surface area contributed by atoms with Gasteiger partial charge in [0.25, 0.3) is 11.5 Å². The predicted octanol–water partition coefficient (Wildman–Crippen LogP) is 5.15. The zero-order valence-corrected chi connectivity index (χ0v) is 22.9. The molecule has 37 heavy (non-hydrogen) atoms. The van der Waals surface area contributed by atoms with E-state index in [2.05, 4.69) is 40.4 Å². The summed E-state index contributed by atoms with van der Waals surface area (Å²) in [5.41, 5.74) is 4.24. The van der Waals surface area contributed by atoms with Gasteiger partial charge in [0.2, 0.25) is 0 Å². The topological polar surface area (TPSA) is 58.4 Å². The van der Waals surface area contributed by atoms with E-state index < -0.39 is 0 Å². The molecule has 2 aromatic carbocycles. The summed E-state index contributed by atoms with van der Waals surface area (Å²) >= 11 is 0. The van der Waals surface area contributed by atoms with Crippen LogP contribution in [0.5, 0.6) is 0 Å². The Morgan fingerprint density at radius 1 is 0.973 bits per heavy atom. The lowest BCUT2D eigenvalue weighted by molar-refractivity contribution is 0.0579. The summed E-state index contributed by atoms with van der Waals surface area (Å²) in [6, 6.07) is 17.7. The Hall–Kier alpha value is -3.25. The summed E-state index contributed by atoms with van der Waals surface area (Å²) in [5.74, 6) is 0.703. The Morgan fingerprint density at radius 3 is 2.24 bits per heavy atom. The number of likely N-dealkylation sites (tertiary alicyclic amines) is 1. The highest BCUT2D eigenvalue weighted by Gasteiger charge is 2.33. The molecule has 0 unspecified atom stereocenters. The highest BCUT2D eigenvalue weighted by Crippen LogP contribution is 2.30. The molecule has 1 atom stereocenters. The SMILES string of the molecule is Cc1ccc(C(=O)N(CCN2CCCC2)[C@@H](c2nc(=O)c(C)c(C)n2Cc2ccccc2)C(C)C)cc1. The molecular weight excluding hydrogens is 460 g/mol. The van der Waals surface area contributed by atoms with Gasteiger partial charge in [-0.15, -0.1) is 0 Å². The van der Waals surface area contributed by atoms with Gasteiger partial charge < -0.3 is 14.4 Å². The van der Waals surface area contributed by atoms with Crippen LogP contribution in [0.25, 0.3) is 0 Å². The summed E-state index contributed by atoms with van der Waals surface area (Å²) in [6.45, 7) is 14.2. The van der Waals surface area contributed by atoms with E-state index in [4.69, 9.17) is 0 Å². The van der Waals surface area contributed by atoms with Crippen LogP contribution in [0.4, 0.5) is 0 Å². The molecule has 1 aliphatic heterocycles. The van der Waals surface area contributed by atoms with Crippen molar-refractivity contribution in [1.29, 1.82) is 0 Å². The van der Waals surface area contributed by atoms with E-state index in [-0.39, 0.29) is 23.4 Å². The summed E-state index contributed by atoms with van der Waals surface area (Å²) in [6.07, 6.45) is 2.41. The Morgan fingerprint density at radius 2 is 1.62 bits per heavy atom. The van der Waals surface area contributed by atoms with Crippen LogP contribution in [-0.4, -0.2) is 51.4 Å². The van der Waals surface area contributed by atoms with E-state index in [0.717, 1.165) is 36.5 Å². The number of aromatic nitrogens is 2. The van der Waals surface area contributed by atoms with Crippen molar-refractivity contribution in [3.63, 3.8) is 0 Å². The second-order valence-corrected chi connectivity index (χ2v) is 10.7. The lowest BCUT2D eigenvalue weighted by atomic mass is 9.98. The van der Waals surface area contributed by atoms with Crippen molar-refractivity contribution in [1.82, 2.24) is 19.4 Å². The summed E-state index contributed by atoms with van der Waals surface area (Å²) < 4.78 is 2.14. The molecule has 0 aliphatic carbocycles. The van der Waals surface area contributed by atoms with E-state index in [1.165, 1.54) is 12.8 Å². The number of nitrogens with zero attached hydrogens (tertiary/aromatic N) is 4. The number of carbonyl (C=O) groups excluding carboxylic acids is 1. The fraction of sp³-hybridized carbons (Fsp3) is 0.452. The van der Waals surface area contributed by atoms with Crippen molar-refractivity contribution in [3.05, 3.63) is 98.7 Å². The van der Waals surface area contributed by atoms with Crippen molar-refractivity contribution in [2.45, 2.75) is 60.0 Å². The molecule has 1 saturated heterocycles. The van der Waals surface area contributed by atoms with Gasteiger partial charge in [-0.3, -0.25) is 9.59 Å². The molecule has 0 radical (unpaired) electrons. The maximum absolute atomic E-state index is 14.1. The van der Waals surface area contributed by atoms with Gasteiger partial charge in [-0.1, -0.05) is 61.9 Å². The van der Waals surface area contributed by atoms with Crippen molar-refractivity contribution < 1.29 is 4.79 Å². The first kappa shape index (κ1) is 26.8. The van der Waals surface area contributed by atoms with Crippen LogP contribution in [0.1, 0.15) is 71.3 Å². The van der Waals surface area contributed by atoms with Gasteiger partial charge >= 0.3 is 0 Å². The van der Waals surface area contributed by atoms with Gasteiger partial charge in [-0.25, -0.2) is 0 Å². The minimum absolute atomic E-state index is 0.0170. The first-order valence-electron chi connectivity index (χ1n) is 13.5. The number of rotatable bonds is 9. The fourth-order valence-electron chi connectivity index (χ4n) is 5.25. The quantitative estimate of drug-likeness (QED) is 0.408. The third-order valence-electron chi connectivity index (χ3n) is 7.59. The van der Waals surface area contributed by atoms with Gasteiger partial charge in [0.1, 0.15) is 5.82 Å². The molecule has 1 aromatic heterocycles. The molecule has 6 nitrogen and oxygen atoms in total. The Balaban J connectivity index is 1.81. The monoisotopic (exact) mass is 500 g/mol. The second-order valence-electron chi connectivity index (χ2n) is 10.7. The number of aryl methyl sites for hydroxylation is 1. The standard InChI is InChI=1S/C31H40N4O2/c1-22(2)28(29-32-30(36)24(4)25(5)35(29)21-26-11-7-6-8-12-26)34(20-19-33-17-9-10-18-33)31(37)27-15-13-23(3)14-16-27/h6-8,11-16,22,28H,9-10,17-21H2,1-5H3/t28-/m1/s1. The third kappa shape index (κ3) is 6.19. The zero-order chi connectivity index (χ0) is 26.5. The molecular formula is C31H40N4O2. The molecule has 0 bridgehead atoms. The Bertz CT molecular complexity index is 1260. The van der Waals surface area contributed by atoms with Gasteiger partial charge in [0.15, 0.2) is 0 Å². The van der Waals surface area contributed by atoms with Crippen LogP contribution in [0.2, 0.25) is 0 Å². The predicted molar refractivity (Wildman–Crippen MR) is 149 cm³/mol. The second kappa shape index (κ2) is 11.9. The van der Waals surface area contributed by atoms with Crippen molar-refractivity contribution in [3.8, 4) is 0 Å². The number of carbonyl (C=O) groups is 1. The Kier molecular flexibility index (Phi) is 8.59. The molecule has 0 spiro atoms. The first-order chi connectivity index (χ1) is 17.8. The smallest absolute Gasteiger partial charge is 0.276 e. The lowest BCUT2D eigenvalue weighted by Crippen LogP contribution is -2.44. The minimum Gasteiger partial charge on any atom is -0.327 e. The first-order valence-corrected chi connectivity index (χ1v) is 13.5. The average molecular weight is 501 g/mol. The number of hydrogen-bond donors (Lipinski definition) is 0. The molecule has 2 heterocycles. The molecule has 1 amide bonds. The molecule has 196 valence electrons. The fourth-order valence-corrected chi connectivity index (χ4v) is 5.25. The normalized spacial score (nSPS) is 14.8. The molecule has 6 heteroatoms. The van der Waals surface area contributed by atoms with Gasteiger partial charge in [-0.2, -0.15) is 4.98 Å².